The van der Waals surface area contributed by atoms with E-state index in [2.05, 4.69) is 25.9 Å². The Balaban J connectivity index is 2.15. The van der Waals surface area contributed by atoms with Gasteiger partial charge < -0.3 is 9.84 Å². The minimum atomic E-state index is -0.981. The summed E-state index contributed by atoms with van der Waals surface area (Å²) in [5.74, 6) is -0.442. The molecule has 0 aliphatic rings. The van der Waals surface area contributed by atoms with Crippen molar-refractivity contribution < 1.29 is 14.6 Å². The largest absolute Gasteiger partial charge is 0.479 e. The third kappa shape index (κ3) is 3.62. The van der Waals surface area contributed by atoms with Crippen LogP contribution in [0.4, 0.5) is 0 Å². The second-order valence-electron chi connectivity index (χ2n) is 5.97. The topological polar surface area (TPSA) is 64.4 Å². The van der Waals surface area contributed by atoms with Crippen molar-refractivity contribution in [2.24, 2.45) is 0 Å². The predicted molar refractivity (Wildman–Crippen MR) is 80.4 cm³/mol. The van der Waals surface area contributed by atoms with Crippen LogP contribution in [-0.4, -0.2) is 27.0 Å². The number of aliphatic carboxylic acids is 1. The van der Waals surface area contributed by atoms with Crippen molar-refractivity contribution in [3.8, 4) is 16.9 Å². The van der Waals surface area contributed by atoms with E-state index in [1.54, 1.807) is 12.1 Å². The van der Waals surface area contributed by atoms with Gasteiger partial charge in [-0.1, -0.05) is 12.1 Å². The van der Waals surface area contributed by atoms with E-state index in [-0.39, 0.29) is 5.54 Å². The van der Waals surface area contributed by atoms with Crippen molar-refractivity contribution in [2.75, 3.05) is 0 Å². The monoisotopic (exact) mass is 288 g/mol. The number of hydrogen-bond acceptors (Lipinski definition) is 3. The van der Waals surface area contributed by atoms with Crippen LogP contribution >= 0.6 is 0 Å². The van der Waals surface area contributed by atoms with Crippen LogP contribution in [0.5, 0.6) is 5.75 Å². The third-order valence-electron chi connectivity index (χ3n) is 3.12. The number of carbonyl (C=O) groups is 1. The van der Waals surface area contributed by atoms with Crippen LogP contribution in [0.15, 0.2) is 36.7 Å². The number of aromatic nitrogens is 2. The van der Waals surface area contributed by atoms with Crippen molar-refractivity contribution >= 4 is 5.97 Å². The maximum Gasteiger partial charge on any atom is 0.344 e. The van der Waals surface area contributed by atoms with Crippen molar-refractivity contribution in [3.05, 3.63) is 36.7 Å². The number of carboxylic acids is 1. The minimum Gasteiger partial charge on any atom is -0.479 e. The molecule has 0 fully saturated rings. The van der Waals surface area contributed by atoms with Gasteiger partial charge >= 0.3 is 5.97 Å². The Morgan fingerprint density at radius 3 is 2.33 bits per heavy atom. The van der Waals surface area contributed by atoms with Gasteiger partial charge in [0.1, 0.15) is 5.75 Å². The van der Waals surface area contributed by atoms with Crippen LogP contribution in [-0.2, 0) is 10.3 Å². The van der Waals surface area contributed by atoms with Crippen LogP contribution in [0.2, 0.25) is 0 Å². The summed E-state index contributed by atoms with van der Waals surface area (Å²) in [6, 6.07) is 7.33. The molecule has 1 N–H and O–H groups in total. The fourth-order valence-electron chi connectivity index (χ4n) is 1.82. The molecule has 0 aliphatic carbocycles. The van der Waals surface area contributed by atoms with Gasteiger partial charge in [-0.15, -0.1) is 0 Å². The van der Waals surface area contributed by atoms with Gasteiger partial charge in [-0.25, -0.2) is 4.79 Å². The molecule has 0 aliphatic heterocycles. The third-order valence-corrected chi connectivity index (χ3v) is 3.12. The van der Waals surface area contributed by atoms with E-state index in [1.165, 1.54) is 6.92 Å². The van der Waals surface area contributed by atoms with Crippen LogP contribution < -0.4 is 4.74 Å². The molecule has 1 unspecified atom stereocenters. The lowest BCUT2D eigenvalue weighted by molar-refractivity contribution is -0.144. The molecule has 1 atom stereocenters. The molecule has 1 heterocycles. The van der Waals surface area contributed by atoms with E-state index in [1.807, 2.05) is 29.2 Å². The van der Waals surface area contributed by atoms with Crippen molar-refractivity contribution in [2.45, 2.75) is 39.3 Å². The predicted octanol–water partition coefficient (Wildman–Crippen LogP) is 3.16. The van der Waals surface area contributed by atoms with E-state index in [4.69, 9.17) is 9.84 Å². The van der Waals surface area contributed by atoms with E-state index in [9.17, 15) is 4.79 Å². The minimum absolute atomic E-state index is 0.0573. The first-order valence-electron chi connectivity index (χ1n) is 6.82. The molecule has 0 spiro atoms. The van der Waals surface area contributed by atoms with E-state index < -0.39 is 12.1 Å². The fourth-order valence-corrected chi connectivity index (χ4v) is 1.82. The highest BCUT2D eigenvalue weighted by molar-refractivity contribution is 5.72. The fraction of sp³-hybridized carbons (Fsp3) is 0.375. The summed E-state index contributed by atoms with van der Waals surface area (Å²) in [6.07, 6.45) is 2.95. The molecule has 5 heteroatoms. The number of nitrogens with zero attached hydrogens (tertiary/aromatic N) is 2. The molecule has 2 aromatic rings. The smallest absolute Gasteiger partial charge is 0.344 e. The summed E-state index contributed by atoms with van der Waals surface area (Å²) < 4.78 is 7.22. The Morgan fingerprint density at radius 2 is 1.86 bits per heavy atom. The highest BCUT2D eigenvalue weighted by atomic mass is 16.5. The number of benzene rings is 1. The zero-order chi connectivity index (χ0) is 15.6. The number of rotatable bonds is 4. The highest BCUT2D eigenvalue weighted by Crippen LogP contribution is 2.24. The quantitative estimate of drug-likeness (QED) is 0.938. The molecule has 1 aromatic heterocycles. The Morgan fingerprint density at radius 1 is 1.24 bits per heavy atom. The molecule has 2 rings (SSSR count). The van der Waals surface area contributed by atoms with Crippen molar-refractivity contribution in [1.29, 1.82) is 0 Å². The molecular weight excluding hydrogens is 268 g/mol. The van der Waals surface area contributed by atoms with Gasteiger partial charge in [0, 0.05) is 11.8 Å². The van der Waals surface area contributed by atoms with Gasteiger partial charge in [0.2, 0.25) is 0 Å². The number of ether oxygens (including phenoxy) is 1. The molecule has 112 valence electrons. The molecule has 0 amide bonds. The summed E-state index contributed by atoms with van der Waals surface area (Å²) >= 11 is 0. The molecular formula is C16H20N2O3. The van der Waals surface area contributed by atoms with Gasteiger partial charge in [-0.2, -0.15) is 5.10 Å². The van der Waals surface area contributed by atoms with Gasteiger partial charge in [-0.3, -0.25) is 4.68 Å². The Hall–Kier alpha value is -2.30. The van der Waals surface area contributed by atoms with Crippen molar-refractivity contribution in [3.63, 3.8) is 0 Å². The molecule has 21 heavy (non-hydrogen) atoms. The molecule has 0 saturated carbocycles. The lowest BCUT2D eigenvalue weighted by atomic mass is 10.1. The molecule has 0 saturated heterocycles. The van der Waals surface area contributed by atoms with Crippen LogP contribution in [0.1, 0.15) is 27.7 Å². The average Bonchev–Trinajstić information content (AvgIpc) is 2.89. The Kier molecular flexibility index (Phi) is 4.02. The summed E-state index contributed by atoms with van der Waals surface area (Å²) in [6.45, 7) is 7.78. The van der Waals surface area contributed by atoms with Crippen molar-refractivity contribution in [1.82, 2.24) is 9.78 Å². The zero-order valence-corrected chi connectivity index (χ0v) is 12.7. The normalized spacial score (nSPS) is 13.0. The maximum absolute atomic E-state index is 10.8. The SMILES string of the molecule is CC(Oc1ccc(-c2cnn(C(C)(C)C)c2)cc1)C(=O)O. The van der Waals surface area contributed by atoms with Crippen LogP contribution in [0.25, 0.3) is 11.1 Å². The summed E-state index contributed by atoms with van der Waals surface area (Å²) in [7, 11) is 0. The second kappa shape index (κ2) is 5.60. The first-order valence-corrected chi connectivity index (χ1v) is 6.82. The number of carboxylic acid groups (broad SMARTS) is 1. The van der Waals surface area contributed by atoms with Gasteiger partial charge in [0.25, 0.3) is 0 Å². The first kappa shape index (κ1) is 15.1. The Labute approximate surface area is 124 Å². The second-order valence-corrected chi connectivity index (χ2v) is 5.97. The highest BCUT2D eigenvalue weighted by Gasteiger charge is 2.15. The summed E-state index contributed by atoms with van der Waals surface area (Å²) in [4.78, 5) is 10.8. The molecule has 1 aromatic carbocycles. The standard InChI is InChI=1S/C16H20N2O3/c1-11(15(19)20)21-14-7-5-12(6-8-14)13-9-17-18(10-13)16(2,3)4/h5-11H,1-4H3,(H,19,20). The Bertz CT molecular complexity index is 624. The lowest BCUT2D eigenvalue weighted by Crippen LogP contribution is -2.22. The van der Waals surface area contributed by atoms with Gasteiger partial charge in [-0.05, 0) is 45.4 Å². The van der Waals surface area contributed by atoms with Crippen LogP contribution in [0, 0.1) is 0 Å². The first-order chi connectivity index (χ1) is 9.77. The maximum atomic E-state index is 10.8. The summed E-state index contributed by atoms with van der Waals surface area (Å²) in [5, 5.41) is 13.2. The summed E-state index contributed by atoms with van der Waals surface area (Å²) in [5.41, 5.74) is 1.97. The molecule has 0 radical (unpaired) electrons. The number of hydrogen-bond donors (Lipinski definition) is 1. The lowest BCUT2D eigenvalue weighted by Gasteiger charge is -2.18. The van der Waals surface area contributed by atoms with Gasteiger partial charge in [0.05, 0.1) is 11.7 Å². The van der Waals surface area contributed by atoms with E-state index in [0.717, 1.165) is 11.1 Å². The molecule has 5 nitrogen and oxygen atoms in total. The van der Waals surface area contributed by atoms with E-state index in [0.29, 0.717) is 5.75 Å². The molecule has 0 bridgehead atoms. The van der Waals surface area contributed by atoms with E-state index >= 15 is 0 Å². The van der Waals surface area contributed by atoms with Crippen LogP contribution in [0.3, 0.4) is 0 Å². The van der Waals surface area contributed by atoms with Gasteiger partial charge in [0.15, 0.2) is 6.10 Å². The zero-order valence-electron chi connectivity index (χ0n) is 12.7. The average molecular weight is 288 g/mol.